The molecule has 0 bridgehead atoms. The van der Waals surface area contributed by atoms with E-state index in [1.165, 1.54) is 0 Å². The summed E-state index contributed by atoms with van der Waals surface area (Å²) in [5, 5.41) is 18.0. The molecule has 0 saturated carbocycles. The van der Waals surface area contributed by atoms with Crippen LogP contribution in [0.2, 0.25) is 5.02 Å². The fourth-order valence-corrected chi connectivity index (χ4v) is 5.67. The van der Waals surface area contributed by atoms with Crippen LogP contribution < -0.4 is 10.6 Å². The number of carbonyl (C=O) groups is 3. The molecule has 0 spiro atoms. The number of hydrogen-bond donors (Lipinski definition) is 3. The number of carbonyl (C=O) groups excluding carboxylic acids is 3. The smallest absolute Gasteiger partial charge is 0.407 e. The van der Waals surface area contributed by atoms with Gasteiger partial charge in [-0.05, 0) is 69.2 Å². The van der Waals surface area contributed by atoms with Gasteiger partial charge in [-0.1, -0.05) is 67.9 Å². The van der Waals surface area contributed by atoms with Gasteiger partial charge in [-0.3, -0.25) is 9.59 Å². The maximum Gasteiger partial charge on any atom is 0.407 e. The summed E-state index contributed by atoms with van der Waals surface area (Å²) in [4.78, 5) is 46.2. The number of likely N-dealkylation sites (tertiary alicyclic amines) is 1. The number of aromatic nitrogens is 2. The second-order valence-electron chi connectivity index (χ2n) is 13.4. The van der Waals surface area contributed by atoms with Crippen molar-refractivity contribution in [3.05, 3.63) is 89.5 Å². The lowest BCUT2D eigenvalue weighted by Gasteiger charge is -2.42. The van der Waals surface area contributed by atoms with Crippen molar-refractivity contribution in [1.29, 1.82) is 0 Å². The number of benzene rings is 2. The van der Waals surface area contributed by atoms with Crippen LogP contribution in [0.15, 0.2) is 73.3 Å². The predicted octanol–water partition coefficient (Wildman–Crippen LogP) is 4.81. The normalized spacial score (nSPS) is 16.2. The number of rotatable bonds is 13. The highest BCUT2D eigenvalue weighted by Gasteiger charge is 2.38. The zero-order valence-electron chi connectivity index (χ0n) is 27.2. The van der Waals surface area contributed by atoms with Crippen molar-refractivity contribution >= 4 is 29.5 Å². The van der Waals surface area contributed by atoms with Crippen LogP contribution in [0, 0.1) is 11.8 Å². The maximum atomic E-state index is 14.0. The van der Waals surface area contributed by atoms with Crippen molar-refractivity contribution in [3.63, 3.8) is 0 Å². The quantitative estimate of drug-likeness (QED) is 0.244. The van der Waals surface area contributed by atoms with Gasteiger partial charge in [0, 0.05) is 36.4 Å². The molecular weight excluding hydrogens is 606 g/mol. The van der Waals surface area contributed by atoms with E-state index in [1.807, 2.05) is 67.1 Å². The van der Waals surface area contributed by atoms with Gasteiger partial charge in [-0.2, -0.15) is 0 Å². The number of aliphatic hydroxyl groups is 1. The Morgan fingerprint density at radius 2 is 1.65 bits per heavy atom. The Hall–Kier alpha value is -3.89. The van der Waals surface area contributed by atoms with Crippen molar-refractivity contribution in [2.75, 3.05) is 13.1 Å². The number of alkyl carbamates (subject to hydrolysis) is 1. The fourth-order valence-electron chi connectivity index (χ4n) is 5.54. The standard InChI is InChI=1S/C35H46ClN5O5/c1-23(2)31(33(44)41-20-28(21-41)40-16-15-37-22-40)39-32(43)26(17-25-11-13-27(36)14-12-25)19-30(42)29(18-24-9-7-6-8-10-24)38-34(45)46-35(3,4)5/h6-16,22-23,26,28-31,42H,17-21H2,1-5H3,(H,38,45)(H,39,43). The maximum absolute atomic E-state index is 14.0. The zero-order valence-corrected chi connectivity index (χ0v) is 28.0. The molecule has 3 N–H and O–H groups in total. The van der Waals surface area contributed by atoms with E-state index in [1.54, 1.807) is 50.3 Å². The van der Waals surface area contributed by atoms with E-state index < -0.39 is 35.8 Å². The summed E-state index contributed by atoms with van der Waals surface area (Å²) < 4.78 is 7.47. The first-order chi connectivity index (χ1) is 21.8. The second kappa shape index (κ2) is 15.6. The molecule has 2 heterocycles. The monoisotopic (exact) mass is 651 g/mol. The van der Waals surface area contributed by atoms with Gasteiger partial charge in [0.2, 0.25) is 11.8 Å². The highest BCUT2D eigenvalue weighted by atomic mass is 35.5. The van der Waals surface area contributed by atoms with Crippen LogP contribution >= 0.6 is 11.6 Å². The van der Waals surface area contributed by atoms with E-state index in [-0.39, 0.29) is 30.2 Å². The molecule has 11 heteroatoms. The van der Waals surface area contributed by atoms with Gasteiger partial charge in [0.05, 0.1) is 24.5 Å². The van der Waals surface area contributed by atoms with Crippen molar-refractivity contribution in [3.8, 4) is 0 Å². The van der Waals surface area contributed by atoms with Crippen molar-refractivity contribution < 1.29 is 24.2 Å². The first-order valence-corrected chi connectivity index (χ1v) is 16.2. The summed E-state index contributed by atoms with van der Waals surface area (Å²) in [6.45, 7) is 10.2. The molecule has 46 heavy (non-hydrogen) atoms. The van der Waals surface area contributed by atoms with E-state index in [0.29, 0.717) is 31.0 Å². The van der Waals surface area contributed by atoms with Crippen molar-refractivity contribution in [2.45, 2.75) is 83.7 Å². The number of nitrogens with zero attached hydrogens (tertiary/aromatic N) is 3. The third kappa shape index (κ3) is 10.1. The number of imidazole rings is 1. The predicted molar refractivity (Wildman–Crippen MR) is 177 cm³/mol. The lowest BCUT2D eigenvalue weighted by molar-refractivity contribution is -0.143. The number of halogens is 1. The number of hydrogen-bond acceptors (Lipinski definition) is 6. The SMILES string of the molecule is CC(C)C(NC(=O)C(Cc1ccc(Cl)cc1)CC(O)C(Cc1ccccc1)NC(=O)OC(C)(C)C)C(=O)N1CC(n2ccnc2)C1. The van der Waals surface area contributed by atoms with Crippen LogP contribution in [-0.4, -0.2) is 74.3 Å². The Balaban J connectivity index is 1.51. The summed E-state index contributed by atoms with van der Waals surface area (Å²) in [7, 11) is 0. The van der Waals surface area contributed by atoms with E-state index >= 15 is 0 Å². The van der Waals surface area contributed by atoms with E-state index in [2.05, 4.69) is 15.6 Å². The average molecular weight is 652 g/mol. The van der Waals surface area contributed by atoms with Crippen LogP contribution in [0.5, 0.6) is 0 Å². The molecule has 10 nitrogen and oxygen atoms in total. The third-order valence-corrected chi connectivity index (χ3v) is 8.36. The molecule has 1 aliphatic heterocycles. The first kappa shape index (κ1) is 35.0. The molecule has 1 fully saturated rings. The van der Waals surface area contributed by atoms with E-state index in [4.69, 9.17) is 16.3 Å². The molecule has 4 atom stereocenters. The minimum absolute atomic E-state index is 0.0349. The summed E-state index contributed by atoms with van der Waals surface area (Å²) in [6.07, 6.45) is 4.24. The largest absolute Gasteiger partial charge is 0.444 e. The van der Waals surface area contributed by atoms with Crippen LogP contribution in [0.3, 0.4) is 0 Å². The van der Waals surface area contributed by atoms with Gasteiger partial charge >= 0.3 is 6.09 Å². The van der Waals surface area contributed by atoms with Crippen LogP contribution in [0.1, 0.15) is 58.2 Å². The Morgan fingerprint density at radius 1 is 1.00 bits per heavy atom. The average Bonchev–Trinajstić information content (AvgIpc) is 3.49. The number of nitrogens with one attached hydrogen (secondary N) is 2. The van der Waals surface area contributed by atoms with Gasteiger partial charge in [0.25, 0.3) is 0 Å². The molecule has 3 aromatic rings. The molecule has 1 saturated heterocycles. The number of aliphatic hydroxyl groups excluding tert-OH is 1. The fraction of sp³-hybridized carbons (Fsp3) is 0.486. The number of ether oxygens (including phenoxy) is 1. The van der Waals surface area contributed by atoms with Crippen molar-refractivity contribution in [2.24, 2.45) is 11.8 Å². The van der Waals surface area contributed by atoms with Crippen molar-refractivity contribution in [1.82, 2.24) is 25.1 Å². The Labute approximate surface area is 276 Å². The summed E-state index contributed by atoms with van der Waals surface area (Å²) in [5.41, 5.74) is 1.04. The number of amides is 3. The van der Waals surface area contributed by atoms with Gasteiger partial charge < -0.3 is 29.9 Å². The molecule has 1 aliphatic rings. The van der Waals surface area contributed by atoms with Gasteiger partial charge in [0.1, 0.15) is 11.6 Å². The lowest BCUT2D eigenvalue weighted by atomic mass is 9.88. The molecule has 1 aromatic heterocycles. The zero-order chi connectivity index (χ0) is 33.4. The van der Waals surface area contributed by atoms with E-state index in [9.17, 15) is 19.5 Å². The molecule has 0 aliphatic carbocycles. The van der Waals surface area contributed by atoms with Crippen LogP contribution in [-0.2, 0) is 27.2 Å². The molecule has 2 aromatic carbocycles. The summed E-state index contributed by atoms with van der Waals surface area (Å²) in [6, 6.07) is 15.4. The summed E-state index contributed by atoms with van der Waals surface area (Å²) in [5.74, 6) is -1.36. The molecule has 3 amide bonds. The minimum Gasteiger partial charge on any atom is -0.444 e. The second-order valence-corrected chi connectivity index (χ2v) is 13.8. The lowest BCUT2D eigenvalue weighted by Crippen LogP contribution is -2.59. The van der Waals surface area contributed by atoms with Crippen LogP contribution in [0.4, 0.5) is 4.79 Å². The Kier molecular flexibility index (Phi) is 11.9. The van der Waals surface area contributed by atoms with Crippen LogP contribution in [0.25, 0.3) is 0 Å². The Morgan fingerprint density at radius 3 is 2.24 bits per heavy atom. The van der Waals surface area contributed by atoms with Gasteiger partial charge in [-0.15, -0.1) is 0 Å². The Bertz CT molecular complexity index is 1420. The van der Waals surface area contributed by atoms with Gasteiger partial charge in [-0.25, -0.2) is 9.78 Å². The van der Waals surface area contributed by atoms with Gasteiger partial charge in [0.15, 0.2) is 0 Å². The molecule has 4 rings (SSSR count). The molecule has 248 valence electrons. The highest BCUT2D eigenvalue weighted by Crippen LogP contribution is 2.25. The molecular formula is C35H46ClN5O5. The molecule has 4 unspecified atom stereocenters. The van der Waals surface area contributed by atoms with E-state index in [0.717, 1.165) is 11.1 Å². The third-order valence-electron chi connectivity index (χ3n) is 8.11. The summed E-state index contributed by atoms with van der Waals surface area (Å²) >= 11 is 6.12. The highest BCUT2D eigenvalue weighted by molar-refractivity contribution is 6.30. The minimum atomic E-state index is -1.10. The topological polar surface area (TPSA) is 126 Å². The first-order valence-electron chi connectivity index (χ1n) is 15.8. The molecule has 0 radical (unpaired) electrons.